The quantitative estimate of drug-likeness (QED) is 0.787. The molecule has 1 heterocycles. The Morgan fingerprint density at radius 1 is 1.35 bits per heavy atom. The van der Waals surface area contributed by atoms with Crippen LogP contribution in [-0.4, -0.2) is 22.9 Å². The summed E-state index contributed by atoms with van der Waals surface area (Å²) in [5.74, 6) is 0. The van der Waals surface area contributed by atoms with Gasteiger partial charge < -0.3 is 11.1 Å². The van der Waals surface area contributed by atoms with Crippen LogP contribution in [0.3, 0.4) is 0 Å². The van der Waals surface area contributed by atoms with Crippen molar-refractivity contribution >= 4 is 5.69 Å². The maximum absolute atomic E-state index is 6.02. The zero-order valence-electron chi connectivity index (χ0n) is 10.8. The lowest BCUT2D eigenvalue weighted by atomic mass is 9.80. The van der Waals surface area contributed by atoms with Gasteiger partial charge in [-0.2, -0.15) is 5.10 Å². The average molecular weight is 236 g/mol. The molecule has 0 atom stereocenters. The van der Waals surface area contributed by atoms with Gasteiger partial charge >= 0.3 is 0 Å². The normalized spacial score (nSPS) is 19.9. The molecule has 2 rings (SSSR count). The average Bonchev–Trinajstić information content (AvgIpc) is 2.63. The molecule has 96 valence electrons. The Morgan fingerprint density at radius 2 is 2.06 bits per heavy atom. The molecule has 3 N–H and O–H groups in total. The fraction of sp³-hybridized carbons (Fsp3) is 0.769. The van der Waals surface area contributed by atoms with E-state index in [0.29, 0.717) is 5.41 Å². The lowest BCUT2D eigenvalue weighted by Gasteiger charge is -2.31. The molecule has 0 amide bonds. The minimum atomic E-state index is 0.298. The van der Waals surface area contributed by atoms with E-state index in [1.165, 1.54) is 38.5 Å². The van der Waals surface area contributed by atoms with Crippen molar-refractivity contribution in [2.24, 2.45) is 18.2 Å². The smallest absolute Gasteiger partial charge is 0.0726 e. The summed E-state index contributed by atoms with van der Waals surface area (Å²) in [6.07, 6.45) is 11.8. The summed E-state index contributed by atoms with van der Waals surface area (Å²) in [6, 6.07) is 0. The van der Waals surface area contributed by atoms with Crippen LogP contribution in [0.5, 0.6) is 0 Å². The van der Waals surface area contributed by atoms with Crippen molar-refractivity contribution in [3.05, 3.63) is 12.4 Å². The van der Waals surface area contributed by atoms with Gasteiger partial charge in [0.1, 0.15) is 0 Å². The largest absolute Gasteiger partial charge is 0.382 e. The van der Waals surface area contributed by atoms with Crippen LogP contribution in [-0.2, 0) is 7.05 Å². The van der Waals surface area contributed by atoms with Gasteiger partial charge in [-0.25, -0.2) is 0 Å². The predicted octanol–water partition coefficient (Wildman–Crippen LogP) is 2.13. The van der Waals surface area contributed by atoms with Crippen LogP contribution in [0.4, 0.5) is 5.69 Å². The highest BCUT2D eigenvalue weighted by atomic mass is 15.3. The van der Waals surface area contributed by atoms with Crippen LogP contribution in [0.2, 0.25) is 0 Å². The first kappa shape index (κ1) is 12.4. The third kappa shape index (κ3) is 3.22. The van der Waals surface area contributed by atoms with E-state index in [2.05, 4.69) is 10.4 Å². The molecule has 0 aliphatic heterocycles. The number of nitrogens with two attached hydrogens (primary N) is 1. The Hall–Kier alpha value is -1.03. The number of nitrogens with one attached hydrogen (secondary N) is 1. The molecule has 0 unspecified atom stereocenters. The van der Waals surface area contributed by atoms with Crippen molar-refractivity contribution in [2.75, 3.05) is 18.4 Å². The van der Waals surface area contributed by atoms with E-state index in [9.17, 15) is 0 Å². The monoisotopic (exact) mass is 236 g/mol. The molecule has 1 aromatic rings. The van der Waals surface area contributed by atoms with Crippen molar-refractivity contribution in [1.29, 1.82) is 0 Å². The van der Waals surface area contributed by atoms with Crippen LogP contribution in [0.15, 0.2) is 12.4 Å². The van der Waals surface area contributed by atoms with E-state index in [-0.39, 0.29) is 0 Å². The van der Waals surface area contributed by atoms with E-state index >= 15 is 0 Å². The maximum atomic E-state index is 6.02. The maximum Gasteiger partial charge on any atom is 0.0726 e. The Morgan fingerprint density at radius 3 is 2.59 bits per heavy atom. The van der Waals surface area contributed by atoms with Crippen LogP contribution in [0.25, 0.3) is 0 Å². The van der Waals surface area contributed by atoms with E-state index < -0.39 is 0 Å². The van der Waals surface area contributed by atoms with Crippen molar-refractivity contribution < 1.29 is 0 Å². The molecule has 0 saturated heterocycles. The second kappa shape index (κ2) is 5.54. The van der Waals surface area contributed by atoms with Crippen molar-refractivity contribution in [3.8, 4) is 0 Å². The summed E-state index contributed by atoms with van der Waals surface area (Å²) >= 11 is 0. The van der Waals surface area contributed by atoms with Crippen molar-refractivity contribution in [1.82, 2.24) is 9.78 Å². The molecule has 17 heavy (non-hydrogen) atoms. The first-order chi connectivity index (χ1) is 8.24. The highest BCUT2D eigenvalue weighted by Crippen LogP contribution is 2.34. The summed E-state index contributed by atoms with van der Waals surface area (Å²) in [5.41, 5.74) is 7.42. The third-order valence-electron chi connectivity index (χ3n) is 3.97. The van der Waals surface area contributed by atoms with Gasteiger partial charge in [0.05, 0.1) is 11.9 Å². The van der Waals surface area contributed by atoms with Gasteiger partial charge in [0.15, 0.2) is 0 Å². The number of anilines is 1. The van der Waals surface area contributed by atoms with Crippen LogP contribution in [0, 0.1) is 5.41 Å². The summed E-state index contributed by atoms with van der Waals surface area (Å²) in [5, 5.41) is 7.66. The molecule has 1 aliphatic carbocycles. The second-order valence-electron chi connectivity index (χ2n) is 5.37. The highest BCUT2D eigenvalue weighted by molar-refractivity contribution is 5.38. The van der Waals surface area contributed by atoms with Crippen LogP contribution >= 0.6 is 0 Å². The lowest BCUT2D eigenvalue weighted by molar-refractivity contribution is 0.275. The molecular weight excluding hydrogens is 212 g/mol. The minimum absolute atomic E-state index is 0.298. The second-order valence-corrected chi connectivity index (χ2v) is 5.37. The Kier molecular flexibility index (Phi) is 4.05. The van der Waals surface area contributed by atoms with E-state index in [1.807, 2.05) is 24.1 Å². The van der Waals surface area contributed by atoms with Gasteiger partial charge in [0.2, 0.25) is 0 Å². The van der Waals surface area contributed by atoms with Crippen molar-refractivity contribution in [3.63, 3.8) is 0 Å². The third-order valence-corrected chi connectivity index (χ3v) is 3.97. The standard InChI is InChI=1S/C13H24N4/c1-17-9-12(8-16-17)15-11-13(10-14)6-4-2-3-5-7-13/h8-9,15H,2-7,10-11,14H2,1H3. The summed E-state index contributed by atoms with van der Waals surface area (Å²) < 4.78 is 1.82. The molecule has 1 fully saturated rings. The Balaban J connectivity index is 1.93. The Bertz CT molecular complexity index is 337. The van der Waals surface area contributed by atoms with Gasteiger partial charge in [-0.15, -0.1) is 0 Å². The zero-order valence-corrected chi connectivity index (χ0v) is 10.8. The fourth-order valence-electron chi connectivity index (χ4n) is 2.73. The van der Waals surface area contributed by atoms with Gasteiger partial charge in [0, 0.05) is 19.8 Å². The van der Waals surface area contributed by atoms with Gasteiger partial charge in [-0.3, -0.25) is 4.68 Å². The van der Waals surface area contributed by atoms with Crippen LogP contribution < -0.4 is 11.1 Å². The summed E-state index contributed by atoms with van der Waals surface area (Å²) in [7, 11) is 1.94. The molecule has 4 heteroatoms. The van der Waals surface area contributed by atoms with Crippen molar-refractivity contribution in [2.45, 2.75) is 38.5 Å². The molecule has 1 saturated carbocycles. The number of rotatable bonds is 4. The van der Waals surface area contributed by atoms with Gasteiger partial charge in [0.25, 0.3) is 0 Å². The number of hydrogen-bond donors (Lipinski definition) is 2. The number of aromatic nitrogens is 2. The molecule has 1 aromatic heterocycles. The number of nitrogens with zero attached hydrogens (tertiary/aromatic N) is 2. The van der Waals surface area contributed by atoms with Gasteiger partial charge in [-0.05, 0) is 24.8 Å². The number of aryl methyl sites for hydroxylation is 1. The molecule has 1 aliphatic rings. The van der Waals surface area contributed by atoms with Gasteiger partial charge in [-0.1, -0.05) is 25.7 Å². The number of hydrogen-bond acceptors (Lipinski definition) is 3. The molecule has 4 nitrogen and oxygen atoms in total. The van der Waals surface area contributed by atoms with Crippen LogP contribution in [0.1, 0.15) is 38.5 Å². The summed E-state index contributed by atoms with van der Waals surface area (Å²) in [4.78, 5) is 0. The first-order valence-electron chi connectivity index (χ1n) is 6.67. The zero-order chi connectivity index (χ0) is 12.1. The predicted molar refractivity (Wildman–Crippen MR) is 70.9 cm³/mol. The van der Waals surface area contributed by atoms with E-state index in [4.69, 9.17) is 5.73 Å². The Labute approximate surface area is 104 Å². The fourth-order valence-corrected chi connectivity index (χ4v) is 2.73. The molecule has 0 spiro atoms. The molecule has 0 bridgehead atoms. The van der Waals surface area contributed by atoms with E-state index in [1.54, 1.807) is 0 Å². The summed E-state index contributed by atoms with van der Waals surface area (Å²) in [6.45, 7) is 1.77. The molecule has 0 radical (unpaired) electrons. The first-order valence-corrected chi connectivity index (χ1v) is 6.67. The molecular formula is C13H24N4. The van der Waals surface area contributed by atoms with E-state index in [0.717, 1.165) is 18.8 Å². The molecule has 0 aromatic carbocycles. The SMILES string of the molecule is Cn1cc(NCC2(CN)CCCCCC2)cn1. The minimum Gasteiger partial charge on any atom is -0.382 e. The topological polar surface area (TPSA) is 55.9 Å². The highest BCUT2D eigenvalue weighted by Gasteiger charge is 2.29. The lowest BCUT2D eigenvalue weighted by Crippen LogP contribution is -2.36.